The van der Waals surface area contributed by atoms with Crippen LogP contribution in [0, 0.1) is 0 Å². The molecule has 0 amide bonds. The third-order valence-electron chi connectivity index (χ3n) is 2.26. The van der Waals surface area contributed by atoms with Crippen LogP contribution in [0.3, 0.4) is 0 Å². The molecule has 0 fully saturated rings. The summed E-state index contributed by atoms with van der Waals surface area (Å²) in [5.41, 5.74) is 0.809. The van der Waals surface area contributed by atoms with Crippen molar-refractivity contribution >= 4 is 28.9 Å². The normalized spacial score (nSPS) is 18.3. The van der Waals surface area contributed by atoms with E-state index < -0.39 is 0 Å². The van der Waals surface area contributed by atoms with Crippen LogP contribution < -0.4 is 10.6 Å². The number of rotatable bonds is 1. The zero-order valence-corrected chi connectivity index (χ0v) is 9.56. The summed E-state index contributed by atoms with van der Waals surface area (Å²) in [6, 6.07) is 9.95. The zero-order valence-electron chi connectivity index (χ0n) is 8.74. The molecule has 0 atom stereocenters. The largest absolute Gasteiger partial charge is 0.349 e. The molecule has 1 aliphatic heterocycles. The number of benzene rings is 1. The van der Waals surface area contributed by atoms with Crippen LogP contribution in [-0.2, 0) is 0 Å². The maximum atomic E-state index is 5.02. The van der Waals surface area contributed by atoms with E-state index in [1.807, 2.05) is 44.2 Å². The molecule has 0 aromatic heterocycles. The van der Waals surface area contributed by atoms with Gasteiger partial charge in [-0.3, -0.25) is 0 Å². The molecule has 15 heavy (non-hydrogen) atoms. The zero-order chi connectivity index (χ0) is 10.9. The second-order valence-corrected chi connectivity index (χ2v) is 4.39. The fourth-order valence-corrected chi connectivity index (χ4v) is 1.78. The Morgan fingerprint density at radius 3 is 2.47 bits per heavy atom. The molecule has 0 saturated carbocycles. The van der Waals surface area contributed by atoms with E-state index in [1.165, 1.54) is 0 Å². The summed E-state index contributed by atoms with van der Waals surface area (Å²) in [4.78, 5) is 4.26. The average molecular weight is 219 g/mol. The minimum atomic E-state index is -0.215. The molecule has 1 aromatic carbocycles. The first-order valence-corrected chi connectivity index (χ1v) is 5.22. The van der Waals surface area contributed by atoms with Crippen molar-refractivity contribution in [2.75, 3.05) is 5.32 Å². The molecule has 0 unspecified atom stereocenters. The summed E-state index contributed by atoms with van der Waals surface area (Å²) >= 11 is 5.02. The molecule has 1 aromatic rings. The number of thiocarbonyl (C=S) groups is 1. The maximum Gasteiger partial charge on any atom is 0.195 e. The van der Waals surface area contributed by atoms with Crippen molar-refractivity contribution < 1.29 is 0 Å². The molecule has 2 N–H and O–H groups in total. The first kappa shape index (κ1) is 10.1. The van der Waals surface area contributed by atoms with E-state index in [2.05, 4.69) is 15.6 Å². The number of nitrogens with one attached hydrogen (secondary N) is 2. The van der Waals surface area contributed by atoms with Gasteiger partial charge in [-0.2, -0.15) is 0 Å². The Morgan fingerprint density at radius 1 is 1.27 bits per heavy atom. The Morgan fingerprint density at radius 2 is 1.93 bits per heavy atom. The monoisotopic (exact) mass is 219 g/mol. The van der Waals surface area contributed by atoms with Gasteiger partial charge in [-0.05, 0) is 38.2 Å². The summed E-state index contributed by atoms with van der Waals surface area (Å²) in [5.74, 6) is 0.860. The molecule has 3 nitrogen and oxygen atoms in total. The minimum Gasteiger partial charge on any atom is -0.349 e. The number of amidine groups is 1. The standard InChI is InChI=1S/C11H13N3S/c1-11(2)9(13-10(15)14-11)12-8-6-4-3-5-7-8/h3-7H,1-2H3,(H2,12,13,14,15). The van der Waals surface area contributed by atoms with Gasteiger partial charge in [0, 0.05) is 5.69 Å². The quantitative estimate of drug-likeness (QED) is 0.711. The lowest BCUT2D eigenvalue weighted by Crippen LogP contribution is -2.45. The van der Waals surface area contributed by atoms with Crippen LogP contribution in [0.4, 0.5) is 5.69 Å². The van der Waals surface area contributed by atoms with Crippen molar-refractivity contribution in [1.82, 2.24) is 5.32 Å². The van der Waals surface area contributed by atoms with Crippen LogP contribution in [-0.4, -0.2) is 16.5 Å². The van der Waals surface area contributed by atoms with Gasteiger partial charge in [-0.25, -0.2) is 4.99 Å². The van der Waals surface area contributed by atoms with E-state index in [9.17, 15) is 0 Å². The Hall–Kier alpha value is -1.42. The van der Waals surface area contributed by atoms with E-state index in [4.69, 9.17) is 12.2 Å². The van der Waals surface area contributed by atoms with Crippen LogP contribution in [0.5, 0.6) is 0 Å². The summed E-state index contributed by atoms with van der Waals surface area (Å²) in [6.45, 7) is 4.09. The summed E-state index contributed by atoms with van der Waals surface area (Å²) in [6.07, 6.45) is 0. The van der Waals surface area contributed by atoms with Gasteiger partial charge in [-0.1, -0.05) is 18.2 Å². The molecule has 0 spiro atoms. The van der Waals surface area contributed by atoms with Crippen LogP contribution in [0.1, 0.15) is 13.8 Å². The Labute approximate surface area is 94.6 Å². The number of aliphatic imine (C=N–C) groups is 1. The third kappa shape index (κ3) is 2.15. The fourth-order valence-electron chi connectivity index (χ4n) is 1.44. The summed E-state index contributed by atoms with van der Waals surface area (Å²) in [7, 11) is 0. The lowest BCUT2D eigenvalue weighted by Gasteiger charge is -2.21. The summed E-state index contributed by atoms with van der Waals surface area (Å²) in [5, 5.41) is 6.93. The molecule has 1 heterocycles. The molecule has 2 rings (SSSR count). The molecule has 4 heteroatoms. The van der Waals surface area contributed by atoms with E-state index in [0.717, 1.165) is 11.5 Å². The van der Waals surface area contributed by atoms with Crippen molar-refractivity contribution in [1.29, 1.82) is 0 Å². The second-order valence-electron chi connectivity index (χ2n) is 4.01. The Kier molecular flexibility index (Phi) is 2.44. The number of para-hydroxylation sites is 1. The van der Waals surface area contributed by atoms with Crippen LogP contribution in [0.2, 0.25) is 0 Å². The van der Waals surface area contributed by atoms with E-state index >= 15 is 0 Å². The molecule has 1 aliphatic rings. The van der Waals surface area contributed by atoms with Gasteiger partial charge in [0.25, 0.3) is 0 Å². The van der Waals surface area contributed by atoms with Gasteiger partial charge in [0.1, 0.15) is 5.84 Å². The van der Waals surface area contributed by atoms with Crippen molar-refractivity contribution in [3.8, 4) is 0 Å². The smallest absolute Gasteiger partial charge is 0.195 e. The minimum absolute atomic E-state index is 0.215. The predicted octanol–water partition coefficient (Wildman–Crippen LogP) is 2.16. The first-order chi connectivity index (χ1) is 7.08. The Bertz CT molecular complexity index is 409. The lowest BCUT2D eigenvalue weighted by atomic mass is 10.1. The molecule has 0 aliphatic carbocycles. The topological polar surface area (TPSA) is 36.4 Å². The van der Waals surface area contributed by atoms with Gasteiger partial charge in [0.15, 0.2) is 5.11 Å². The van der Waals surface area contributed by atoms with E-state index in [0.29, 0.717) is 5.11 Å². The van der Waals surface area contributed by atoms with Gasteiger partial charge in [0.05, 0.1) is 5.54 Å². The van der Waals surface area contributed by atoms with Crippen LogP contribution in [0.25, 0.3) is 0 Å². The molecule has 78 valence electrons. The third-order valence-corrected chi connectivity index (χ3v) is 2.45. The highest BCUT2D eigenvalue weighted by Crippen LogP contribution is 2.16. The SMILES string of the molecule is CC1(C)NC(=S)N=C1Nc1ccccc1. The highest BCUT2D eigenvalue weighted by Gasteiger charge is 2.31. The maximum absolute atomic E-state index is 5.02. The molecule has 0 saturated heterocycles. The molecular weight excluding hydrogens is 206 g/mol. The average Bonchev–Trinajstić information content (AvgIpc) is 2.41. The lowest BCUT2D eigenvalue weighted by molar-refractivity contribution is 0.637. The molecule has 0 bridgehead atoms. The van der Waals surface area contributed by atoms with Crippen molar-refractivity contribution in [2.24, 2.45) is 4.99 Å². The predicted molar refractivity (Wildman–Crippen MR) is 67.3 cm³/mol. The van der Waals surface area contributed by atoms with Crippen molar-refractivity contribution in [3.05, 3.63) is 30.3 Å². The molecular formula is C11H13N3S. The number of hydrogen-bond acceptors (Lipinski definition) is 2. The van der Waals surface area contributed by atoms with Gasteiger partial charge in [0.2, 0.25) is 0 Å². The highest BCUT2D eigenvalue weighted by molar-refractivity contribution is 7.80. The Balaban J connectivity index is 2.20. The number of anilines is 1. The second kappa shape index (κ2) is 3.62. The first-order valence-electron chi connectivity index (χ1n) is 4.81. The van der Waals surface area contributed by atoms with E-state index in [-0.39, 0.29) is 5.54 Å². The molecule has 0 radical (unpaired) electrons. The van der Waals surface area contributed by atoms with Crippen molar-refractivity contribution in [3.63, 3.8) is 0 Å². The number of nitrogens with zero attached hydrogens (tertiary/aromatic N) is 1. The highest BCUT2D eigenvalue weighted by atomic mass is 32.1. The van der Waals surface area contributed by atoms with Crippen LogP contribution in [0.15, 0.2) is 35.3 Å². The van der Waals surface area contributed by atoms with Crippen LogP contribution >= 0.6 is 12.2 Å². The van der Waals surface area contributed by atoms with Gasteiger partial charge < -0.3 is 10.6 Å². The van der Waals surface area contributed by atoms with Crippen molar-refractivity contribution in [2.45, 2.75) is 19.4 Å². The van der Waals surface area contributed by atoms with E-state index in [1.54, 1.807) is 0 Å². The fraction of sp³-hybridized carbons (Fsp3) is 0.273. The number of hydrogen-bond donors (Lipinski definition) is 2. The van der Waals surface area contributed by atoms with Gasteiger partial charge in [-0.15, -0.1) is 0 Å². The van der Waals surface area contributed by atoms with Gasteiger partial charge >= 0.3 is 0 Å². The summed E-state index contributed by atoms with van der Waals surface area (Å²) < 4.78 is 0.